The highest BCUT2D eigenvalue weighted by molar-refractivity contribution is 5.84. The first kappa shape index (κ1) is 27.6. The quantitative estimate of drug-likeness (QED) is 0.329. The number of aromatic nitrogens is 2. The first-order valence-electron chi connectivity index (χ1n) is 12.2. The molecule has 0 spiro atoms. The predicted molar refractivity (Wildman–Crippen MR) is 135 cm³/mol. The van der Waals surface area contributed by atoms with Gasteiger partial charge in [-0.3, -0.25) is 15.0 Å². The number of ether oxygens (including phenoxy) is 1. The Labute approximate surface area is 221 Å². The van der Waals surface area contributed by atoms with Crippen molar-refractivity contribution in [1.29, 1.82) is 0 Å². The normalized spacial score (nSPS) is 13.8. The maximum Gasteiger partial charge on any atom is 0.411 e. The molecule has 2 heterocycles. The summed E-state index contributed by atoms with van der Waals surface area (Å²) in [6.07, 6.45) is 0.305. The van der Waals surface area contributed by atoms with Gasteiger partial charge in [0.05, 0.1) is 12.3 Å². The molecule has 1 aliphatic rings. The minimum atomic E-state index is -1.60. The Morgan fingerprint density at radius 3 is 2.44 bits per heavy atom. The van der Waals surface area contributed by atoms with Gasteiger partial charge in [-0.25, -0.2) is 27.4 Å². The van der Waals surface area contributed by atoms with Gasteiger partial charge in [0, 0.05) is 69.2 Å². The largest absolute Gasteiger partial charge is 0.465 e. The number of amides is 2. The van der Waals surface area contributed by atoms with E-state index in [-0.39, 0.29) is 24.4 Å². The molecule has 0 unspecified atom stereocenters. The summed E-state index contributed by atoms with van der Waals surface area (Å²) in [5.41, 5.74) is 0.643. The monoisotopic (exact) mass is 545 g/mol. The van der Waals surface area contributed by atoms with Gasteiger partial charge in [-0.05, 0) is 24.1 Å². The van der Waals surface area contributed by atoms with Gasteiger partial charge in [0.1, 0.15) is 5.69 Å². The molecule has 0 saturated carbocycles. The van der Waals surface area contributed by atoms with E-state index >= 15 is 0 Å². The summed E-state index contributed by atoms with van der Waals surface area (Å²) in [5, 5.41) is 15.8. The summed E-state index contributed by atoms with van der Waals surface area (Å²) in [7, 11) is 0. The van der Waals surface area contributed by atoms with Crippen molar-refractivity contribution in [1.82, 2.24) is 19.6 Å². The molecule has 39 heavy (non-hydrogen) atoms. The van der Waals surface area contributed by atoms with Gasteiger partial charge >= 0.3 is 12.2 Å². The number of carbonyl (C=O) groups is 2. The molecule has 206 valence electrons. The van der Waals surface area contributed by atoms with Crippen LogP contribution in [0.1, 0.15) is 17.7 Å². The molecule has 13 heteroatoms. The van der Waals surface area contributed by atoms with E-state index in [1.807, 2.05) is 0 Å². The Hall–Kier alpha value is -4.39. The molecule has 1 saturated heterocycles. The molecule has 2 N–H and O–H groups in total. The lowest BCUT2D eigenvalue weighted by atomic mass is 10.1. The summed E-state index contributed by atoms with van der Waals surface area (Å²) in [4.78, 5) is 39.0. The topological polar surface area (TPSA) is 117 Å². The molecular weight excluding hydrogens is 519 g/mol. The number of carboxylic acid groups (broad SMARTS) is 1. The highest BCUT2D eigenvalue weighted by Gasteiger charge is 2.20. The summed E-state index contributed by atoms with van der Waals surface area (Å²) in [5.74, 6) is -4.36. The van der Waals surface area contributed by atoms with E-state index in [1.54, 1.807) is 24.3 Å². The van der Waals surface area contributed by atoms with Gasteiger partial charge in [0.25, 0.3) is 0 Å². The van der Waals surface area contributed by atoms with Crippen LogP contribution >= 0.6 is 0 Å². The molecule has 1 aromatic heterocycles. The number of carbonyl (C=O) groups excluding carboxylic acids is 1. The first-order chi connectivity index (χ1) is 18.7. The van der Waals surface area contributed by atoms with Gasteiger partial charge in [-0.2, -0.15) is 5.10 Å². The van der Waals surface area contributed by atoms with Crippen LogP contribution in [0.15, 0.2) is 53.5 Å². The molecule has 10 nitrogen and oxygen atoms in total. The van der Waals surface area contributed by atoms with E-state index in [4.69, 9.17) is 9.84 Å². The number of nitrogens with zero attached hydrogens (tertiary/aromatic N) is 4. The van der Waals surface area contributed by atoms with Crippen LogP contribution in [-0.4, -0.2) is 76.2 Å². The lowest BCUT2D eigenvalue weighted by molar-refractivity contribution is 0.0997. The zero-order valence-corrected chi connectivity index (χ0v) is 20.8. The van der Waals surface area contributed by atoms with Crippen molar-refractivity contribution in [3.8, 4) is 5.69 Å². The van der Waals surface area contributed by atoms with E-state index in [2.05, 4.69) is 15.3 Å². The standard InChI is InChI=1S/C26H26F3N5O5/c27-20-15-19(16-21(28)24(20)29)34-7-5-23(35)22(31-34)14-17-3-1-4-18(13-17)30-25(36)39-12-2-6-32-8-10-33(11-9-32)26(37)38/h1,3-5,7,13,15-16H,2,6,8-12,14H2,(H,30,36)(H,37,38). The number of anilines is 1. The van der Waals surface area contributed by atoms with E-state index in [0.717, 1.165) is 16.8 Å². The molecule has 0 aliphatic carbocycles. The number of rotatable bonds is 8. The predicted octanol–water partition coefficient (Wildman–Crippen LogP) is 3.47. The molecule has 2 aromatic carbocycles. The molecular formula is C26H26F3N5O5. The fourth-order valence-corrected chi connectivity index (χ4v) is 4.11. The Morgan fingerprint density at radius 1 is 1.03 bits per heavy atom. The molecule has 0 bridgehead atoms. The summed E-state index contributed by atoms with van der Waals surface area (Å²) in [6.45, 7) is 3.01. The number of piperazine rings is 1. The lowest BCUT2D eigenvalue weighted by Gasteiger charge is -2.32. The second kappa shape index (κ2) is 12.4. The van der Waals surface area contributed by atoms with Crippen LogP contribution in [0.4, 0.5) is 28.4 Å². The van der Waals surface area contributed by atoms with Crippen molar-refractivity contribution in [2.75, 3.05) is 44.6 Å². The van der Waals surface area contributed by atoms with Crippen LogP contribution in [0, 0.1) is 17.5 Å². The fraction of sp³-hybridized carbons (Fsp3) is 0.308. The van der Waals surface area contributed by atoms with Crippen LogP contribution in [0.3, 0.4) is 0 Å². The summed E-state index contributed by atoms with van der Waals surface area (Å²) in [6, 6.07) is 9.41. The van der Waals surface area contributed by atoms with Crippen LogP contribution in [0.2, 0.25) is 0 Å². The average molecular weight is 546 g/mol. The average Bonchev–Trinajstić information content (AvgIpc) is 2.91. The minimum Gasteiger partial charge on any atom is -0.465 e. The van der Waals surface area contributed by atoms with Crippen molar-refractivity contribution < 1.29 is 32.6 Å². The number of halogens is 3. The lowest BCUT2D eigenvalue weighted by Crippen LogP contribution is -2.48. The highest BCUT2D eigenvalue weighted by Crippen LogP contribution is 2.17. The molecule has 2 amide bonds. The van der Waals surface area contributed by atoms with Crippen LogP contribution < -0.4 is 10.7 Å². The SMILES string of the molecule is O=C(Nc1cccc(Cc2nn(-c3cc(F)c(F)c(F)c3)ccc2=O)c1)OCCCN1CCN(C(=O)O)CC1. The van der Waals surface area contributed by atoms with E-state index < -0.39 is 35.1 Å². The van der Waals surface area contributed by atoms with Gasteiger partial charge in [0.15, 0.2) is 17.5 Å². The Balaban J connectivity index is 1.30. The third kappa shape index (κ3) is 7.35. The smallest absolute Gasteiger partial charge is 0.411 e. The van der Waals surface area contributed by atoms with Crippen LogP contribution in [0.5, 0.6) is 0 Å². The highest BCUT2D eigenvalue weighted by atomic mass is 19.2. The minimum absolute atomic E-state index is 0.0611. The Kier molecular flexibility index (Phi) is 8.81. The molecule has 4 rings (SSSR count). The number of hydrogen-bond acceptors (Lipinski definition) is 6. The molecule has 0 atom stereocenters. The number of hydrogen-bond donors (Lipinski definition) is 2. The van der Waals surface area contributed by atoms with Gasteiger partial charge < -0.3 is 14.7 Å². The van der Waals surface area contributed by atoms with Crippen LogP contribution in [-0.2, 0) is 11.2 Å². The second-order valence-corrected chi connectivity index (χ2v) is 8.90. The maximum atomic E-state index is 13.6. The van der Waals surface area contributed by atoms with Gasteiger partial charge in [-0.15, -0.1) is 0 Å². The zero-order valence-electron chi connectivity index (χ0n) is 20.8. The third-order valence-electron chi connectivity index (χ3n) is 6.15. The number of benzene rings is 2. The second-order valence-electron chi connectivity index (χ2n) is 8.90. The third-order valence-corrected chi connectivity index (χ3v) is 6.15. The summed E-state index contributed by atoms with van der Waals surface area (Å²) >= 11 is 0. The van der Waals surface area contributed by atoms with Crippen molar-refractivity contribution in [2.45, 2.75) is 12.8 Å². The van der Waals surface area contributed by atoms with E-state index in [0.29, 0.717) is 50.4 Å². The van der Waals surface area contributed by atoms with Crippen LogP contribution in [0.25, 0.3) is 5.69 Å². The van der Waals surface area contributed by atoms with Crippen molar-refractivity contribution in [3.63, 3.8) is 0 Å². The first-order valence-corrected chi connectivity index (χ1v) is 12.2. The van der Waals surface area contributed by atoms with Crippen molar-refractivity contribution in [2.24, 2.45) is 0 Å². The fourth-order valence-electron chi connectivity index (χ4n) is 4.11. The summed E-state index contributed by atoms with van der Waals surface area (Å²) < 4.78 is 46.9. The Bertz CT molecular complexity index is 1390. The zero-order chi connectivity index (χ0) is 27.9. The van der Waals surface area contributed by atoms with Crippen molar-refractivity contribution in [3.05, 3.63) is 87.6 Å². The molecule has 1 fully saturated rings. The number of nitrogens with one attached hydrogen (secondary N) is 1. The van der Waals surface area contributed by atoms with Gasteiger partial charge in [-0.1, -0.05) is 12.1 Å². The van der Waals surface area contributed by atoms with Crippen molar-refractivity contribution >= 4 is 17.9 Å². The maximum absolute atomic E-state index is 13.6. The molecule has 3 aromatic rings. The van der Waals surface area contributed by atoms with Gasteiger partial charge in [0.2, 0.25) is 5.43 Å². The molecule has 0 radical (unpaired) electrons. The van der Waals surface area contributed by atoms with E-state index in [9.17, 15) is 27.6 Å². The Morgan fingerprint density at radius 2 is 1.74 bits per heavy atom. The molecule has 1 aliphatic heterocycles. The van der Waals surface area contributed by atoms with E-state index in [1.165, 1.54) is 17.2 Å².